The first-order chi connectivity index (χ1) is 6.36. The van der Waals surface area contributed by atoms with Gasteiger partial charge in [-0.05, 0) is 32.2 Å². The lowest BCUT2D eigenvalue weighted by atomic mass is 9.93. The molecule has 1 rings (SSSR count). The van der Waals surface area contributed by atoms with Crippen molar-refractivity contribution >= 4 is 0 Å². The Bertz CT molecular complexity index is 122. The minimum Gasteiger partial charge on any atom is -0.394 e. The molecule has 0 aromatic carbocycles. The van der Waals surface area contributed by atoms with E-state index < -0.39 is 0 Å². The molecule has 1 aliphatic carbocycles. The zero-order chi connectivity index (χ0) is 9.52. The summed E-state index contributed by atoms with van der Waals surface area (Å²) in [6, 6.07) is 0.693. The average molecular weight is 187 g/mol. The number of aliphatic hydroxyl groups is 1. The van der Waals surface area contributed by atoms with Crippen molar-refractivity contribution in [1.29, 1.82) is 0 Å². The molecule has 0 aromatic rings. The zero-order valence-corrected chi connectivity index (χ0v) is 8.46. The van der Waals surface area contributed by atoms with Gasteiger partial charge in [-0.1, -0.05) is 6.92 Å². The van der Waals surface area contributed by atoms with Crippen LogP contribution in [-0.2, 0) is 4.74 Å². The summed E-state index contributed by atoms with van der Waals surface area (Å²) in [5.74, 6) is 0. The van der Waals surface area contributed by atoms with Crippen LogP contribution < -0.4 is 5.32 Å². The highest BCUT2D eigenvalue weighted by atomic mass is 16.5. The van der Waals surface area contributed by atoms with E-state index in [1.807, 2.05) is 0 Å². The molecule has 0 aliphatic heterocycles. The van der Waals surface area contributed by atoms with Crippen LogP contribution in [0.5, 0.6) is 0 Å². The fraction of sp³-hybridized carbons (Fsp3) is 1.00. The molecular formula is C10H21NO2. The fourth-order valence-corrected chi connectivity index (χ4v) is 1.94. The molecule has 0 spiro atoms. The summed E-state index contributed by atoms with van der Waals surface area (Å²) in [7, 11) is 0. The van der Waals surface area contributed by atoms with Crippen molar-refractivity contribution in [3.8, 4) is 0 Å². The maximum atomic E-state index is 8.60. The average Bonchev–Trinajstić information content (AvgIpc) is 2.17. The van der Waals surface area contributed by atoms with E-state index in [0.717, 1.165) is 19.4 Å². The molecule has 2 N–H and O–H groups in total. The van der Waals surface area contributed by atoms with Gasteiger partial charge in [0.05, 0.1) is 19.3 Å². The van der Waals surface area contributed by atoms with Crippen LogP contribution in [-0.4, -0.2) is 37.0 Å². The van der Waals surface area contributed by atoms with E-state index in [2.05, 4.69) is 12.2 Å². The minimum atomic E-state index is 0.146. The van der Waals surface area contributed by atoms with E-state index in [4.69, 9.17) is 9.84 Å². The SMILES string of the molecule is CCN[C@H]1CC[C@H](OCCO)CC1. The summed E-state index contributed by atoms with van der Waals surface area (Å²) >= 11 is 0. The summed E-state index contributed by atoms with van der Waals surface area (Å²) in [5.41, 5.74) is 0. The molecule has 3 heteroatoms. The first kappa shape index (κ1) is 11.0. The predicted octanol–water partition coefficient (Wildman–Crippen LogP) is 0.916. The van der Waals surface area contributed by atoms with Gasteiger partial charge in [-0.25, -0.2) is 0 Å². The van der Waals surface area contributed by atoms with Crippen molar-refractivity contribution in [2.24, 2.45) is 0 Å². The molecule has 78 valence electrons. The minimum absolute atomic E-state index is 0.146. The summed E-state index contributed by atoms with van der Waals surface area (Å²) in [6.45, 7) is 3.85. The molecule has 0 bridgehead atoms. The van der Waals surface area contributed by atoms with Crippen molar-refractivity contribution in [3.63, 3.8) is 0 Å². The summed E-state index contributed by atoms with van der Waals surface area (Å²) < 4.78 is 5.48. The molecule has 0 saturated heterocycles. The fourth-order valence-electron chi connectivity index (χ4n) is 1.94. The molecule has 0 atom stereocenters. The second-order valence-corrected chi connectivity index (χ2v) is 3.63. The van der Waals surface area contributed by atoms with Gasteiger partial charge in [-0.3, -0.25) is 0 Å². The third-order valence-electron chi connectivity index (χ3n) is 2.61. The Morgan fingerprint density at radius 2 is 2.00 bits per heavy atom. The zero-order valence-electron chi connectivity index (χ0n) is 8.46. The smallest absolute Gasteiger partial charge is 0.0701 e. The largest absolute Gasteiger partial charge is 0.394 e. The van der Waals surface area contributed by atoms with E-state index in [9.17, 15) is 0 Å². The third kappa shape index (κ3) is 4.07. The lowest BCUT2D eigenvalue weighted by molar-refractivity contribution is 0.00424. The van der Waals surface area contributed by atoms with Gasteiger partial charge < -0.3 is 15.2 Å². The Hall–Kier alpha value is -0.120. The molecule has 1 aliphatic rings. The molecule has 3 nitrogen and oxygen atoms in total. The summed E-state index contributed by atoms with van der Waals surface area (Å²) in [6.07, 6.45) is 5.09. The second-order valence-electron chi connectivity index (χ2n) is 3.63. The van der Waals surface area contributed by atoms with E-state index in [0.29, 0.717) is 18.8 Å². The standard InChI is InChI=1S/C10H21NO2/c1-2-11-9-3-5-10(6-4-9)13-8-7-12/h9-12H,2-8H2,1H3/t9-,10-. The van der Waals surface area contributed by atoms with E-state index in [1.54, 1.807) is 0 Å². The molecule has 0 radical (unpaired) electrons. The molecule has 0 unspecified atom stereocenters. The lowest BCUT2D eigenvalue weighted by Gasteiger charge is -2.28. The molecule has 1 saturated carbocycles. The highest BCUT2D eigenvalue weighted by Crippen LogP contribution is 2.20. The van der Waals surface area contributed by atoms with E-state index in [-0.39, 0.29) is 6.61 Å². The van der Waals surface area contributed by atoms with Crippen molar-refractivity contribution in [1.82, 2.24) is 5.32 Å². The number of nitrogens with one attached hydrogen (secondary N) is 1. The first-order valence-electron chi connectivity index (χ1n) is 5.32. The van der Waals surface area contributed by atoms with Crippen LogP contribution in [0.2, 0.25) is 0 Å². The van der Waals surface area contributed by atoms with Crippen molar-refractivity contribution < 1.29 is 9.84 Å². The van der Waals surface area contributed by atoms with Gasteiger partial charge in [0, 0.05) is 6.04 Å². The van der Waals surface area contributed by atoms with Crippen molar-refractivity contribution in [2.75, 3.05) is 19.8 Å². The topological polar surface area (TPSA) is 41.5 Å². The second kappa shape index (κ2) is 6.35. The van der Waals surface area contributed by atoms with Gasteiger partial charge in [-0.15, -0.1) is 0 Å². The number of hydrogen-bond donors (Lipinski definition) is 2. The normalized spacial score (nSPS) is 29.1. The maximum absolute atomic E-state index is 8.60. The Labute approximate surface area is 80.5 Å². The predicted molar refractivity (Wildman–Crippen MR) is 52.8 cm³/mol. The van der Waals surface area contributed by atoms with Gasteiger partial charge >= 0.3 is 0 Å². The molecular weight excluding hydrogens is 166 g/mol. The highest BCUT2D eigenvalue weighted by molar-refractivity contribution is 4.76. The molecule has 0 aromatic heterocycles. The molecule has 0 amide bonds. The van der Waals surface area contributed by atoms with Gasteiger partial charge in [-0.2, -0.15) is 0 Å². The van der Waals surface area contributed by atoms with Gasteiger partial charge in [0.25, 0.3) is 0 Å². The number of rotatable bonds is 5. The monoisotopic (exact) mass is 187 g/mol. The Kier molecular flexibility index (Phi) is 5.35. The van der Waals surface area contributed by atoms with Crippen LogP contribution in [0.25, 0.3) is 0 Å². The number of aliphatic hydroxyl groups excluding tert-OH is 1. The van der Waals surface area contributed by atoms with Crippen LogP contribution in [0.15, 0.2) is 0 Å². The van der Waals surface area contributed by atoms with Gasteiger partial charge in [0.15, 0.2) is 0 Å². The first-order valence-corrected chi connectivity index (χ1v) is 5.32. The third-order valence-corrected chi connectivity index (χ3v) is 2.61. The van der Waals surface area contributed by atoms with Crippen LogP contribution in [0.1, 0.15) is 32.6 Å². The van der Waals surface area contributed by atoms with Gasteiger partial charge in [0.1, 0.15) is 0 Å². The van der Waals surface area contributed by atoms with Crippen LogP contribution in [0, 0.1) is 0 Å². The Morgan fingerprint density at radius 3 is 2.54 bits per heavy atom. The van der Waals surface area contributed by atoms with Crippen LogP contribution in [0.4, 0.5) is 0 Å². The Balaban J connectivity index is 2.08. The van der Waals surface area contributed by atoms with Crippen LogP contribution >= 0.6 is 0 Å². The maximum Gasteiger partial charge on any atom is 0.0701 e. The van der Waals surface area contributed by atoms with Crippen molar-refractivity contribution in [2.45, 2.75) is 44.8 Å². The van der Waals surface area contributed by atoms with E-state index >= 15 is 0 Å². The number of ether oxygens (including phenoxy) is 1. The highest BCUT2D eigenvalue weighted by Gasteiger charge is 2.20. The summed E-state index contributed by atoms with van der Waals surface area (Å²) in [5, 5.41) is 12.1. The van der Waals surface area contributed by atoms with Crippen LogP contribution in [0.3, 0.4) is 0 Å². The van der Waals surface area contributed by atoms with Gasteiger partial charge in [0.2, 0.25) is 0 Å². The number of hydrogen-bond acceptors (Lipinski definition) is 3. The quantitative estimate of drug-likeness (QED) is 0.672. The Morgan fingerprint density at radius 1 is 1.31 bits per heavy atom. The van der Waals surface area contributed by atoms with Crippen molar-refractivity contribution in [3.05, 3.63) is 0 Å². The lowest BCUT2D eigenvalue weighted by Crippen LogP contribution is -2.35. The summed E-state index contributed by atoms with van der Waals surface area (Å²) in [4.78, 5) is 0. The van der Waals surface area contributed by atoms with E-state index in [1.165, 1.54) is 12.8 Å². The molecule has 13 heavy (non-hydrogen) atoms. The molecule has 0 heterocycles. The molecule has 1 fully saturated rings.